The highest BCUT2D eigenvalue weighted by Gasteiger charge is 2.21. The Kier molecular flexibility index (Phi) is 3.80. The molecular formula is C18H21FN6. The van der Waals surface area contributed by atoms with Crippen LogP contribution in [0.3, 0.4) is 0 Å². The van der Waals surface area contributed by atoms with Gasteiger partial charge in [0.05, 0.1) is 11.1 Å². The molecule has 1 aliphatic heterocycles. The molecular weight excluding hydrogens is 319 g/mol. The first-order valence-electron chi connectivity index (χ1n) is 8.35. The third-order valence-corrected chi connectivity index (χ3v) is 4.83. The number of piperazine rings is 1. The molecule has 0 bridgehead atoms. The van der Waals surface area contributed by atoms with Crippen LogP contribution in [0.5, 0.6) is 0 Å². The van der Waals surface area contributed by atoms with E-state index in [-0.39, 0.29) is 11.8 Å². The molecule has 130 valence electrons. The second-order valence-corrected chi connectivity index (χ2v) is 6.53. The van der Waals surface area contributed by atoms with Crippen LogP contribution >= 0.6 is 0 Å². The zero-order valence-corrected chi connectivity index (χ0v) is 14.4. The monoisotopic (exact) mass is 340 g/mol. The number of hydrogen-bond acceptors (Lipinski definition) is 5. The molecule has 25 heavy (non-hydrogen) atoms. The Morgan fingerprint density at radius 2 is 1.68 bits per heavy atom. The van der Waals surface area contributed by atoms with Crippen molar-refractivity contribution in [3.63, 3.8) is 0 Å². The van der Waals surface area contributed by atoms with Gasteiger partial charge >= 0.3 is 0 Å². The van der Waals surface area contributed by atoms with Crippen LogP contribution in [0.1, 0.15) is 0 Å². The third kappa shape index (κ3) is 2.80. The molecule has 0 atom stereocenters. The lowest BCUT2D eigenvalue weighted by Gasteiger charge is -2.33. The highest BCUT2D eigenvalue weighted by Crippen LogP contribution is 2.32. The molecule has 0 radical (unpaired) electrons. The minimum absolute atomic E-state index is 0.246. The molecule has 6 nitrogen and oxygen atoms in total. The zero-order chi connectivity index (χ0) is 17.6. The number of halogens is 1. The summed E-state index contributed by atoms with van der Waals surface area (Å²) < 4.78 is 15.2. The van der Waals surface area contributed by atoms with Gasteiger partial charge in [-0.3, -0.25) is 0 Å². The Labute approximate surface area is 145 Å². The number of nitrogens with zero attached hydrogens (tertiary/aromatic N) is 5. The van der Waals surface area contributed by atoms with Crippen LogP contribution in [0, 0.1) is 5.82 Å². The van der Waals surface area contributed by atoms with E-state index in [1.807, 2.05) is 11.6 Å². The van der Waals surface area contributed by atoms with Gasteiger partial charge in [-0.05, 0) is 42.9 Å². The average Bonchev–Trinajstić information content (AvgIpc) is 2.93. The molecule has 7 heteroatoms. The number of nitrogens with two attached hydrogens (primary N) is 1. The van der Waals surface area contributed by atoms with E-state index >= 15 is 0 Å². The van der Waals surface area contributed by atoms with Crippen LogP contribution in [0.25, 0.3) is 22.3 Å². The van der Waals surface area contributed by atoms with Crippen LogP contribution in [0.15, 0.2) is 30.3 Å². The van der Waals surface area contributed by atoms with Gasteiger partial charge in [0, 0.05) is 33.2 Å². The van der Waals surface area contributed by atoms with E-state index < -0.39 is 0 Å². The van der Waals surface area contributed by atoms with E-state index in [1.54, 1.807) is 12.1 Å². The van der Waals surface area contributed by atoms with Gasteiger partial charge in [0.25, 0.3) is 0 Å². The standard InChI is InChI=1S/C18H21FN6/c1-23-7-9-25(10-8-23)17-14-11-15(12-3-5-13(19)6-4-12)24(2)16(14)21-18(20)22-17/h3-6,11H,7-10H2,1-2H3,(H2,20,21,22). The van der Waals surface area contributed by atoms with E-state index in [9.17, 15) is 4.39 Å². The van der Waals surface area contributed by atoms with Crippen molar-refractivity contribution in [1.82, 2.24) is 19.4 Å². The van der Waals surface area contributed by atoms with Crippen molar-refractivity contribution in [3.05, 3.63) is 36.1 Å². The maximum Gasteiger partial charge on any atom is 0.224 e. The summed E-state index contributed by atoms with van der Waals surface area (Å²) in [7, 11) is 4.07. The number of fused-ring (bicyclic) bond motifs is 1. The second kappa shape index (κ2) is 6.00. The fourth-order valence-corrected chi connectivity index (χ4v) is 3.35. The molecule has 0 unspecified atom stereocenters. The Morgan fingerprint density at radius 1 is 1.00 bits per heavy atom. The van der Waals surface area contributed by atoms with E-state index in [0.29, 0.717) is 0 Å². The van der Waals surface area contributed by atoms with Gasteiger partial charge < -0.3 is 20.1 Å². The van der Waals surface area contributed by atoms with Gasteiger partial charge in [-0.2, -0.15) is 9.97 Å². The number of benzene rings is 1. The Balaban J connectivity index is 1.84. The molecule has 0 aliphatic carbocycles. The van der Waals surface area contributed by atoms with Gasteiger partial charge in [-0.15, -0.1) is 0 Å². The first-order chi connectivity index (χ1) is 12.0. The minimum atomic E-state index is -0.246. The molecule has 1 saturated heterocycles. The van der Waals surface area contributed by atoms with Gasteiger partial charge in [0.2, 0.25) is 5.95 Å². The lowest BCUT2D eigenvalue weighted by atomic mass is 10.1. The molecule has 1 aliphatic rings. The predicted molar refractivity (Wildman–Crippen MR) is 98.0 cm³/mol. The molecule has 2 N–H and O–H groups in total. The smallest absolute Gasteiger partial charge is 0.224 e. The van der Waals surface area contributed by atoms with Crippen molar-refractivity contribution < 1.29 is 4.39 Å². The quantitative estimate of drug-likeness (QED) is 0.774. The van der Waals surface area contributed by atoms with Crippen LogP contribution in [-0.4, -0.2) is 52.7 Å². The average molecular weight is 340 g/mol. The molecule has 2 aromatic heterocycles. The molecule has 1 aromatic carbocycles. The van der Waals surface area contributed by atoms with Crippen molar-refractivity contribution in [2.75, 3.05) is 43.9 Å². The number of hydrogen-bond donors (Lipinski definition) is 1. The summed E-state index contributed by atoms with van der Waals surface area (Å²) in [6.07, 6.45) is 0. The van der Waals surface area contributed by atoms with Gasteiger partial charge in [-0.25, -0.2) is 4.39 Å². The highest BCUT2D eigenvalue weighted by atomic mass is 19.1. The van der Waals surface area contributed by atoms with Gasteiger partial charge in [0.15, 0.2) is 0 Å². The summed E-state index contributed by atoms with van der Waals surface area (Å²) in [6, 6.07) is 8.55. The molecule has 3 heterocycles. The number of anilines is 2. The molecule has 1 fully saturated rings. The third-order valence-electron chi connectivity index (χ3n) is 4.83. The summed E-state index contributed by atoms with van der Waals surface area (Å²) in [5.41, 5.74) is 8.66. The fraction of sp³-hybridized carbons (Fsp3) is 0.333. The molecule has 0 spiro atoms. The summed E-state index contributed by atoms with van der Waals surface area (Å²) in [6.45, 7) is 3.79. The van der Waals surface area contributed by atoms with Crippen molar-refractivity contribution in [1.29, 1.82) is 0 Å². The Bertz CT molecular complexity index is 909. The first-order valence-corrected chi connectivity index (χ1v) is 8.35. The van der Waals surface area contributed by atoms with E-state index in [2.05, 4.69) is 32.9 Å². The molecule has 4 rings (SSSR count). The predicted octanol–water partition coefficient (Wildman–Crippen LogP) is 2.11. The van der Waals surface area contributed by atoms with E-state index in [0.717, 1.165) is 54.3 Å². The summed E-state index contributed by atoms with van der Waals surface area (Å²) in [5.74, 6) is 0.900. The second-order valence-electron chi connectivity index (χ2n) is 6.53. The van der Waals surface area contributed by atoms with E-state index in [4.69, 9.17) is 5.73 Å². The number of nitrogen functional groups attached to an aromatic ring is 1. The number of aromatic nitrogens is 3. The van der Waals surface area contributed by atoms with Crippen molar-refractivity contribution in [2.45, 2.75) is 0 Å². The largest absolute Gasteiger partial charge is 0.368 e. The van der Waals surface area contributed by atoms with Crippen molar-refractivity contribution in [2.24, 2.45) is 7.05 Å². The first kappa shape index (κ1) is 15.8. The van der Waals surface area contributed by atoms with Crippen LogP contribution in [0.2, 0.25) is 0 Å². The summed E-state index contributed by atoms with van der Waals surface area (Å²) in [5, 5.41) is 0.973. The SMILES string of the molecule is CN1CCN(c2nc(N)nc3c2cc(-c2ccc(F)cc2)n3C)CC1. The lowest BCUT2D eigenvalue weighted by molar-refractivity contribution is 0.312. The lowest BCUT2D eigenvalue weighted by Crippen LogP contribution is -2.45. The van der Waals surface area contributed by atoms with Crippen LogP contribution in [0.4, 0.5) is 16.2 Å². The number of likely N-dealkylation sites (N-methyl/N-ethyl adjacent to an activating group) is 1. The topological polar surface area (TPSA) is 63.2 Å². The zero-order valence-electron chi connectivity index (χ0n) is 14.4. The molecule has 0 saturated carbocycles. The molecule has 0 amide bonds. The van der Waals surface area contributed by atoms with Crippen LogP contribution in [-0.2, 0) is 7.05 Å². The highest BCUT2D eigenvalue weighted by molar-refractivity contribution is 5.93. The number of aryl methyl sites for hydroxylation is 1. The normalized spacial score (nSPS) is 15.9. The Hall–Kier alpha value is -2.67. The maximum absolute atomic E-state index is 13.2. The van der Waals surface area contributed by atoms with Crippen LogP contribution < -0.4 is 10.6 Å². The van der Waals surface area contributed by atoms with Crippen molar-refractivity contribution >= 4 is 22.8 Å². The van der Waals surface area contributed by atoms with E-state index in [1.165, 1.54) is 12.1 Å². The fourth-order valence-electron chi connectivity index (χ4n) is 3.35. The number of rotatable bonds is 2. The van der Waals surface area contributed by atoms with Crippen molar-refractivity contribution in [3.8, 4) is 11.3 Å². The Morgan fingerprint density at radius 3 is 2.36 bits per heavy atom. The van der Waals surface area contributed by atoms with Gasteiger partial charge in [0.1, 0.15) is 17.3 Å². The minimum Gasteiger partial charge on any atom is -0.368 e. The van der Waals surface area contributed by atoms with Gasteiger partial charge in [-0.1, -0.05) is 0 Å². The molecule has 3 aromatic rings. The summed E-state index contributed by atoms with van der Waals surface area (Å²) >= 11 is 0. The summed E-state index contributed by atoms with van der Waals surface area (Å²) in [4.78, 5) is 13.5. The maximum atomic E-state index is 13.2.